The van der Waals surface area contributed by atoms with Crippen LogP contribution in [0.25, 0.3) is 0 Å². The third-order valence-electron chi connectivity index (χ3n) is 8.09. The zero-order valence-corrected chi connectivity index (χ0v) is 26.4. The Labute approximate surface area is 254 Å². The third kappa shape index (κ3) is 9.07. The van der Waals surface area contributed by atoms with Crippen LogP contribution in [0.15, 0.2) is 30.7 Å². The number of hydrogen-bond donors (Lipinski definition) is 2. The maximum absolute atomic E-state index is 14.2. The smallest absolute Gasteiger partial charge is 0.257 e. The molecule has 13 heteroatoms. The molecule has 0 spiro atoms. The van der Waals surface area contributed by atoms with Crippen molar-refractivity contribution in [3.8, 4) is 11.5 Å². The van der Waals surface area contributed by atoms with Gasteiger partial charge in [0.25, 0.3) is 5.91 Å². The van der Waals surface area contributed by atoms with Gasteiger partial charge in [0.2, 0.25) is 10.0 Å². The zero-order chi connectivity index (χ0) is 31.0. The molecule has 0 radical (unpaired) electrons. The topological polar surface area (TPSA) is 126 Å². The molecule has 1 aliphatic heterocycles. The van der Waals surface area contributed by atoms with Crippen LogP contribution >= 0.6 is 0 Å². The summed E-state index contributed by atoms with van der Waals surface area (Å²) >= 11 is 0. The summed E-state index contributed by atoms with van der Waals surface area (Å²) in [5, 5.41) is 3.54. The van der Waals surface area contributed by atoms with E-state index in [4.69, 9.17) is 9.47 Å². The highest BCUT2D eigenvalue weighted by Crippen LogP contribution is 2.33. The van der Waals surface area contributed by atoms with E-state index in [9.17, 15) is 17.6 Å². The van der Waals surface area contributed by atoms with E-state index in [0.29, 0.717) is 50.3 Å². The van der Waals surface area contributed by atoms with Gasteiger partial charge in [-0.1, -0.05) is 0 Å². The fourth-order valence-electron chi connectivity index (χ4n) is 5.70. The molecule has 0 bridgehead atoms. The van der Waals surface area contributed by atoms with Crippen LogP contribution in [0, 0.1) is 11.7 Å². The number of morpholine rings is 1. The zero-order valence-electron chi connectivity index (χ0n) is 25.6. The fraction of sp³-hybridized carbons (Fsp3) is 0.633. The van der Waals surface area contributed by atoms with Gasteiger partial charge in [-0.2, -0.15) is 0 Å². The highest BCUT2D eigenvalue weighted by atomic mass is 32.2. The second kappa shape index (κ2) is 15.2. The number of nitrogens with zero attached hydrogens (tertiary/aromatic N) is 4. The Kier molecular flexibility index (Phi) is 11.7. The quantitative estimate of drug-likeness (QED) is 0.346. The van der Waals surface area contributed by atoms with Crippen LogP contribution in [-0.2, 0) is 14.8 Å². The van der Waals surface area contributed by atoms with Gasteiger partial charge in [0.05, 0.1) is 30.2 Å². The summed E-state index contributed by atoms with van der Waals surface area (Å²) < 4.78 is 53.0. The Bertz CT molecular complexity index is 1320. The Morgan fingerprint density at radius 1 is 1.19 bits per heavy atom. The molecule has 238 valence electrons. The summed E-state index contributed by atoms with van der Waals surface area (Å²) in [4.78, 5) is 25.7. The van der Waals surface area contributed by atoms with Crippen LogP contribution in [0.3, 0.4) is 0 Å². The van der Waals surface area contributed by atoms with Gasteiger partial charge in [0, 0.05) is 38.3 Å². The van der Waals surface area contributed by atoms with Crippen molar-refractivity contribution in [2.75, 3.05) is 50.0 Å². The normalized spacial score (nSPS) is 21.2. The summed E-state index contributed by atoms with van der Waals surface area (Å²) in [6, 6.07) is 3.92. The van der Waals surface area contributed by atoms with E-state index in [2.05, 4.69) is 24.9 Å². The molecule has 1 saturated carbocycles. The molecular formula is C30H45FN6O5S. The second-order valence-electron chi connectivity index (χ2n) is 11.5. The van der Waals surface area contributed by atoms with Gasteiger partial charge in [-0.05, 0) is 84.0 Å². The SMILES string of the molecule is CCN(C(=O)c1cc(F)ccc1Oc1cncnc1N1CCO[C@@H](CNCC2CCC(NS(=O)(=O)CC)CC2)C1)C(C)C. The first-order valence-electron chi connectivity index (χ1n) is 15.3. The molecule has 2 aliphatic rings. The average Bonchev–Trinajstić information content (AvgIpc) is 2.99. The molecule has 43 heavy (non-hydrogen) atoms. The molecule has 2 N–H and O–H groups in total. The third-order valence-corrected chi connectivity index (χ3v) is 9.54. The molecule has 2 heterocycles. The molecule has 1 aliphatic carbocycles. The van der Waals surface area contributed by atoms with Gasteiger partial charge in [0.1, 0.15) is 17.9 Å². The van der Waals surface area contributed by atoms with Crippen LogP contribution in [0.2, 0.25) is 0 Å². The predicted octanol–water partition coefficient (Wildman–Crippen LogP) is 3.57. The van der Waals surface area contributed by atoms with Gasteiger partial charge in [-0.3, -0.25) is 4.79 Å². The first-order chi connectivity index (χ1) is 20.6. The average molecular weight is 621 g/mol. The van der Waals surface area contributed by atoms with Crippen LogP contribution in [0.1, 0.15) is 63.7 Å². The number of rotatable bonds is 13. The van der Waals surface area contributed by atoms with Crippen molar-refractivity contribution in [2.24, 2.45) is 5.92 Å². The van der Waals surface area contributed by atoms with Crippen molar-refractivity contribution in [1.82, 2.24) is 24.9 Å². The number of amides is 1. The lowest BCUT2D eigenvalue weighted by atomic mass is 9.86. The molecule has 0 unspecified atom stereocenters. The van der Waals surface area contributed by atoms with E-state index < -0.39 is 15.8 Å². The summed E-state index contributed by atoms with van der Waals surface area (Å²) in [6.45, 7) is 11.1. The van der Waals surface area contributed by atoms with E-state index >= 15 is 0 Å². The predicted molar refractivity (Wildman–Crippen MR) is 164 cm³/mol. The number of ether oxygens (including phenoxy) is 2. The number of carbonyl (C=O) groups excluding carboxylic acids is 1. The summed E-state index contributed by atoms with van der Waals surface area (Å²) in [5.74, 6) is 0.978. The van der Waals surface area contributed by atoms with Gasteiger partial charge in [-0.15, -0.1) is 0 Å². The number of hydrogen-bond acceptors (Lipinski definition) is 9. The van der Waals surface area contributed by atoms with Gasteiger partial charge < -0.3 is 24.6 Å². The summed E-state index contributed by atoms with van der Waals surface area (Å²) in [5.41, 5.74) is 0.145. The molecule has 2 fully saturated rings. The Hall–Kier alpha value is -2.87. The van der Waals surface area contributed by atoms with E-state index in [1.54, 1.807) is 18.0 Å². The minimum Gasteiger partial charge on any atom is -0.451 e. The molecule has 1 saturated heterocycles. The minimum atomic E-state index is -3.17. The molecule has 2 aromatic rings. The van der Waals surface area contributed by atoms with E-state index in [0.717, 1.165) is 32.2 Å². The van der Waals surface area contributed by atoms with Crippen LogP contribution in [-0.4, -0.2) is 92.5 Å². The maximum atomic E-state index is 14.2. The van der Waals surface area contributed by atoms with E-state index in [-0.39, 0.29) is 41.2 Å². The molecule has 1 amide bonds. The monoisotopic (exact) mass is 620 g/mol. The van der Waals surface area contributed by atoms with Crippen LogP contribution in [0.5, 0.6) is 11.5 Å². The van der Waals surface area contributed by atoms with E-state index in [1.165, 1.54) is 24.5 Å². The highest BCUT2D eigenvalue weighted by Gasteiger charge is 2.28. The Morgan fingerprint density at radius 3 is 2.65 bits per heavy atom. The molecule has 1 aromatic carbocycles. The lowest BCUT2D eigenvalue weighted by Crippen LogP contribution is -2.48. The van der Waals surface area contributed by atoms with Crippen molar-refractivity contribution in [3.05, 3.63) is 42.1 Å². The number of aromatic nitrogens is 2. The van der Waals surface area contributed by atoms with Gasteiger partial charge in [-0.25, -0.2) is 27.5 Å². The first kappa shape index (κ1) is 33.0. The molecule has 4 rings (SSSR count). The van der Waals surface area contributed by atoms with Crippen LogP contribution in [0.4, 0.5) is 10.2 Å². The standard InChI is InChI=1S/C30H45FN6O5S/c1-5-37(21(3)4)30(38)26-15-23(31)9-12-27(26)42-28-18-33-20-34-29(28)36-13-14-41-25(19-36)17-32-16-22-7-10-24(11-8-22)35-43(39,40)6-2/h9,12,15,18,20-22,24-25,32,35H,5-8,10-11,13-14,16-17,19H2,1-4H3/t22?,24?,25-/m0/s1. The largest absolute Gasteiger partial charge is 0.451 e. The summed E-state index contributed by atoms with van der Waals surface area (Å²) in [7, 11) is -3.17. The lowest BCUT2D eigenvalue weighted by Gasteiger charge is -2.35. The number of nitrogens with one attached hydrogen (secondary N) is 2. The van der Waals surface area contributed by atoms with Gasteiger partial charge >= 0.3 is 0 Å². The van der Waals surface area contributed by atoms with Crippen molar-refractivity contribution in [1.29, 1.82) is 0 Å². The lowest BCUT2D eigenvalue weighted by molar-refractivity contribution is 0.0397. The Morgan fingerprint density at radius 2 is 1.95 bits per heavy atom. The van der Waals surface area contributed by atoms with Crippen molar-refractivity contribution in [3.63, 3.8) is 0 Å². The molecular weight excluding hydrogens is 575 g/mol. The minimum absolute atomic E-state index is 0.0330. The fourth-order valence-corrected chi connectivity index (χ4v) is 6.61. The van der Waals surface area contributed by atoms with Crippen molar-refractivity contribution >= 4 is 21.7 Å². The van der Waals surface area contributed by atoms with Gasteiger partial charge in [0.15, 0.2) is 11.6 Å². The molecule has 11 nitrogen and oxygen atoms in total. The number of halogens is 1. The second-order valence-corrected chi connectivity index (χ2v) is 13.5. The van der Waals surface area contributed by atoms with E-state index in [1.807, 2.05) is 20.8 Å². The first-order valence-corrected chi connectivity index (χ1v) is 16.9. The highest BCUT2D eigenvalue weighted by molar-refractivity contribution is 7.89. The van der Waals surface area contributed by atoms with Crippen molar-refractivity contribution < 1.29 is 27.1 Å². The summed E-state index contributed by atoms with van der Waals surface area (Å²) in [6.07, 6.45) is 6.59. The maximum Gasteiger partial charge on any atom is 0.257 e. The number of carbonyl (C=O) groups is 1. The number of sulfonamides is 1. The molecule has 1 atom stereocenters. The Balaban J connectivity index is 1.35. The van der Waals surface area contributed by atoms with Crippen molar-refractivity contribution in [2.45, 2.75) is 71.6 Å². The molecule has 1 aromatic heterocycles. The number of benzene rings is 1. The number of anilines is 1. The van der Waals surface area contributed by atoms with Crippen LogP contribution < -0.4 is 19.7 Å².